The van der Waals surface area contributed by atoms with Gasteiger partial charge in [-0.2, -0.15) is 10.1 Å². The van der Waals surface area contributed by atoms with Gasteiger partial charge in [0.1, 0.15) is 22.5 Å². The molecule has 0 spiro atoms. The summed E-state index contributed by atoms with van der Waals surface area (Å²) in [7, 11) is 4.79. The van der Waals surface area contributed by atoms with E-state index < -0.39 is 5.25 Å². The van der Waals surface area contributed by atoms with Crippen molar-refractivity contribution in [3.63, 3.8) is 0 Å². The molecule has 2 atom stereocenters. The number of aliphatic imine (C=N–C) groups is 1. The quantitative estimate of drug-likeness (QED) is 0.431. The molecule has 5 rings (SSSR count). The number of hydrazone groups is 1. The number of methoxy groups -OCH3 is 3. The van der Waals surface area contributed by atoms with Crippen LogP contribution in [-0.4, -0.2) is 54.3 Å². The van der Waals surface area contributed by atoms with Crippen molar-refractivity contribution >= 4 is 40.1 Å². The Hall–Kier alpha value is -4.31. The summed E-state index contributed by atoms with van der Waals surface area (Å²) < 4.78 is 15.9. The van der Waals surface area contributed by atoms with Gasteiger partial charge in [0, 0.05) is 12.8 Å². The van der Waals surface area contributed by atoms with Crippen LogP contribution in [0.5, 0.6) is 17.2 Å². The number of carbonyl (C=O) groups excluding carboxylic acids is 2. The predicted octanol–water partition coefficient (Wildman–Crippen LogP) is 4.89. The molecule has 0 fully saturated rings. The third-order valence-electron chi connectivity index (χ3n) is 6.51. The molecule has 10 heteroatoms. The van der Waals surface area contributed by atoms with Gasteiger partial charge in [-0.05, 0) is 59.7 Å². The molecule has 2 aliphatic heterocycles. The third kappa shape index (κ3) is 5.75. The number of nitrogens with zero attached hydrogens (tertiary/aromatic N) is 3. The molecule has 0 radical (unpaired) electrons. The van der Waals surface area contributed by atoms with Crippen molar-refractivity contribution in [3.8, 4) is 17.2 Å². The van der Waals surface area contributed by atoms with Gasteiger partial charge in [0.25, 0.3) is 5.91 Å². The van der Waals surface area contributed by atoms with E-state index in [9.17, 15) is 9.59 Å². The van der Waals surface area contributed by atoms with Gasteiger partial charge in [0.15, 0.2) is 5.17 Å². The number of nitrogens with one attached hydrogen (secondary N) is 1. The lowest BCUT2D eigenvalue weighted by atomic mass is 9.98. The van der Waals surface area contributed by atoms with E-state index in [2.05, 4.69) is 10.3 Å². The molecule has 3 aromatic rings. The van der Waals surface area contributed by atoms with Crippen LogP contribution >= 0.6 is 11.8 Å². The second-order valence-electron chi connectivity index (χ2n) is 8.90. The highest BCUT2D eigenvalue weighted by molar-refractivity contribution is 8.15. The lowest BCUT2D eigenvalue weighted by molar-refractivity contribution is -0.121. The summed E-state index contributed by atoms with van der Waals surface area (Å²) >= 11 is 1.26. The highest BCUT2D eigenvalue weighted by Crippen LogP contribution is 2.39. The zero-order valence-electron chi connectivity index (χ0n) is 21.8. The summed E-state index contributed by atoms with van der Waals surface area (Å²) in [5.74, 6) is 1.41. The Kier molecular flexibility index (Phi) is 7.83. The van der Waals surface area contributed by atoms with Crippen LogP contribution in [0.25, 0.3) is 0 Å². The molecule has 0 aromatic heterocycles. The molecule has 1 N–H and O–H groups in total. The maximum absolute atomic E-state index is 12.9. The van der Waals surface area contributed by atoms with Gasteiger partial charge >= 0.3 is 0 Å². The van der Waals surface area contributed by atoms with E-state index >= 15 is 0 Å². The monoisotopic (exact) mass is 544 g/mol. The summed E-state index contributed by atoms with van der Waals surface area (Å²) in [6.07, 6.45) is 0.593. The Balaban J connectivity index is 1.35. The first kappa shape index (κ1) is 26.3. The van der Waals surface area contributed by atoms with Crippen LogP contribution in [0.15, 0.2) is 82.9 Å². The van der Waals surface area contributed by atoms with Crippen LogP contribution in [0.4, 0.5) is 5.69 Å². The summed E-state index contributed by atoms with van der Waals surface area (Å²) in [4.78, 5) is 30.0. The van der Waals surface area contributed by atoms with Crippen LogP contribution in [0, 0.1) is 0 Å². The van der Waals surface area contributed by atoms with E-state index in [0.29, 0.717) is 23.0 Å². The number of amidine groups is 1. The molecule has 2 amide bonds. The minimum absolute atomic E-state index is 0.0232. The number of hydrogen-bond acceptors (Lipinski definition) is 8. The smallest absolute Gasteiger partial charge is 0.262 e. The van der Waals surface area contributed by atoms with E-state index in [0.717, 1.165) is 28.3 Å². The number of rotatable bonds is 8. The number of ether oxygens (including phenoxy) is 3. The molecule has 0 aliphatic carbocycles. The Morgan fingerprint density at radius 3 is 2.28 bits per heavy atom. The third-order valence-corrected chi connectivity index (χ3v) is 7.65. The topological polar surface area (TPSA) is 102 Å². The number of thioether (sulfide) groups is 1. The minimum atomic E-state index is -0.647. The van der Waals surface area contributed by atoms with Crippen LogP contribution in [0.3, 0.4) is 0 Å². The molecule has 0 bridgehead atoms. The second-order valence-corrected chi connectivity index (χ2v) is 10.1. The molecule has 0 saturated heterocycles. The van der Waals surface area contributed by atoms with Gasteiger partial charge in [0.2, 0.25) is 5.91 Å². The molecule has 200 valence electrons. The maximum Gasteiger partial charge on any atom is 0.262 e. The first-order valence-electron chi connectivity index (χ1n) is 12.4. The number of para-hydroxylation sites is 2. The number of benzene rings is 3. The van der Waals surface area contributed by atoms with Crippen molar-refractivity contribution < 1.29 is 23.8 Å². The summed E-state index contributed by atoms with van der Waals surface area (Å²) in [6, 6.07) is 22.5. The molecule has 2 aliphatic rings. The Labute approximate surface area is 230 Å². The van der Waals surface area contributed by atoms with Crippen molar-refractivity contribution in [2.45, 2.75) is 24.1 Å². The minimum Gasteiger partial charge on any atom is -0.497 e. The van der Waals surface area contributed by atoms with E-state index in [1.165, 1.54) is 18.9 Å². The molecular weight excluding hydrogens is 516 g/mol. The van der Waals surface area contributed by atoms with Crippen molar-refractivity contribution in [1.29, 1.82) is 0 Å². The van der Waals surface area contributed by atoms with Crippen molar-refractivity contribution in [2.24, 2.45) is 10.1 Å². The van der Waals surface area contributed by atoms with Crippen LogP contribution in [-0.2, 0) is 9.59 Å². The van der Waals surface area contributed by atoms with E-state index in [1.807, 2.05) is 54.6 Å². The van der Waals surface area contributed by atoms with Crippen LogP contribution in [0.1, 0.15) is 30.0 Å². The van der Waals surface area contributed by atoms with Crippen molar-refractivity contribution in [1.82, 2.24) is 5.01 Å². The van der Waals surface area contributed by atoms with Crippen molar-refractivity contribution in [3.05, 3.63) is 83.9 Å². The molecule has 39 heavy (non-hydrogen) atoms. The summed E-state index contributed by atoms with van der Waals surface area (Å²) in [5.41, 5.74) is 3.39. The van der Waals surface area contributed by atoms with Gasteiger partial charge < -0.3 is 19.5 Å². The Morgan fingerprint density at radius 1 is 0.949 bits per heavy atom. The molecule has 0 saturated carbocycles. The number of amides is 2. The van der Waals surface area contributed by atoms with E-state index in [1.54, 1.807) is 37.4 Å². The fourth-order valence-electron chi connectivity index (χ4n) is 4.45. The first-order valence-corrected chi connectivity index (χ1v) is 13.2. The number of anilines is 1. The highest BCUT2D eigenvalue weighted by atomic mass is 32.2. The fourth-order valence-corrected chi connectivity index (χ4v) is 5.51. The normalized spacial score (nSPS) is 18.4. The van der Waals surface area contributed by atoms with Gasteiger partial charge in [-0.3, -0.25) is 9.59 Å². The van der Waals surface area contributed by atoms with Crippen LogP contribution in [0.2, 0.25) is 0 Å². The molecule has 2 heterocycles. The molecule has 3 aromatic carbocycles. The Morgan fingerprint density at radius 2 is 1.62 bits per heavy atom. The Bertz CT molecular complexity index is 1420. The number of hydrogen-bond donors (Lipinski definition) is 1. The van der Waals surface area contributed by atoms with Gasteiger partial charge in [0.05, 0.1) is 38.8 Å². The second kappa shape index (κ2) is 11.6. The van der Waals surface area contributed by atoms with Crippen molar-refractivity contribution in [2.75, 3.05) is 26.6 Å². The lowest BCUT2D eigenvalue weighted by Crippen LogP contribution is -2.25. The van der Waals surface area contributed by atoms with Gasteiger partial charge in [-0.25, -0.2) is 5.01 Å². The predicted molar refractivity (Wildman–Crippen MR) is 152 cm³/mol. The number of carbonyl (C=O) groups is 2. The molecular formula is C29H28N4O5S. The maximum atomic E-state index is 12.9. The average molecular weight is 545 g/mol. The summed E-state index contributed by atoms with van der Waals surface area (Å²) in [6.45, 7) is 0. The zero-order chi connectivity index (χ0) is 27.4. The SMILES string of the molecule is COc1ccc(C2=NN(C3=NC(=O)[C@@H](CC(=O)Nc4ccccc4OC)S3)[C@@H](c3ccc(OC)cc3)C2)cc1. The largest absolute Gasteiger partial charge is 0.497 e. The molecule has 9 nitrogen and oxygen atoms in total. The summed E-state index contributed by atoms with van der Waals surface area (Å²) in [5, 5.41) is 9.34. The lowest BCUT2D eigenvalue weighted by Gasteiger charge is -2.23. The van der Waals surface area contributed by atoms with Gasteiger partial charge in [-0.15, -0.1) is 0 Å². The first-order chi connectivity index (χ1) is 19.0. The van der Waals surface area contributed by atoms with E-state index in [-0.39, 0.29) is 24.3 Å². The van der Waals surface area contributed by atoms with Gasteiger partial charge in [-0.1, -0.05) is 36.0 Å². The van der Waals surface area contributed by atoms with Crippen LogP contribution < -0.4 is 19.5 Å². The average Bonchev–Trinajstić information content (AvgIpc) is 3.57. The highest BCUT2D eigenvalue weighted by Gasteiger charge is 2.39. The zero-order valence-corrected chi connectivity index (χ0v) is 22.6. The standard InChI is InChI=1S/C29H28N4O5S/c1-36-20-12-8-18(9-13-20)23-16-24(19-10-14-21(37-2)15-11-19)33(32-23)29-31-28(35)26(39-29)17-27(34)30-22-6-4-5-7-25(22)38-3/h4-15,24,26H,16-17H2,1-3H3,(H,30,34)/t24-,26-/m1/s1. The fraction of sp³-hybridized carbons (Fsp3) is 0.241. The van der Waals surface area contributed by atoms with E-state index in [4.69, 9.17) is 19.3 Å². The molecule has 0 unspecified atom stereocenters.